The van der Waals surface area contributed by atoms with E-state index in [0.717, 1.165) is 11.8 Å². The number of hydrogen-bond donors (Lipinski definition) is 0. The van der Waals surface area contributed by atoms with E-state index in [1.54, 1.807) is 11.3 Å². The van der Waals surface area contributed by atoms with Crippen LogP contribution in [0, 0.1) is 11.8 Å². The van der Waals surface area contributed by atoms with Crippen molar-refractivity contribution in [2.45, 2.75) is 12.3 Å². The highest BCUT2D eigenvalue weighted by molar-refractivity contribution is 7.15. The first-order valence-corrected chi connectivity index (χ1v) is 5.97. The van der Waals surface area contributed by atoms with E-state index < -0.39 is 0 Å². The smallest absolute Gasteiger partial charge is 0.185 e. The van der Waals surface area contributed by atoms with Gasteiger partial charge in [0.2, 0.25) is 0 Å². The van der Waals surface area contributed by atoms with Gasteiger partial charge >= 0.3 is 0 Å². The number of halogens is 1. The zero-order valence-corrected chi connectivity index (χ0v) is 8.81. The lowest BCUT2D eigenvalue weighted by atomic mass is 10.4. The van der Waals surface area contributed by atoms with Gasteiger partial charge in [0.1, 0.15) is 0 Å². The van der Waals surface area contributed by atoms with Crippen LogP contribution in [0.25, 0.3) is 0 Å². The van der Waals surface area contributed by atoms with Gasteiger partial charge in [-0.3, -0.25) is 0 Å². The lowest BCUT2D eigenvalue weighted by molar-refractivity contribution is 0.815. The molecule has 1 aromatic heterocycles. The van der Waals surface area contributed by atoms with Crippen molar-refractivity contribution in [3.8, 4) is 0 Å². The van der Waals surface area contributed by atoms with Gasteiger partial charge < -0.3 is 4.90 Å². The Bertz CT molecular complexity index is 315. The van der Waals surface area contributed by atoms with Gasteiger partial charge in [0, 0.05) is 24.2 Å². The topological polar surface area (TPSA) is 16.1 Å². The monoisotopic (exact) mass is 214 g/mol. The number of piperidine rings is 1. The highest BCUT2D eigenvalue weighted by Crippen LogP contribution is 2.46. The lowest BCUT2D eigenvalue weighted by Crippen LogP contribution is -2.21. The summed E-state index contributed by atoms with van der Waals surface area (Å²) in [6, 6.07) is 0. The molecule has 2 nitrogen and oxygen atoms in total. The van der Waals surface area contributed by atoms with Crippen molar-refractivity contribution < 1.29 is 0 Å². The molecule has 1 aliphatic carbocycles. The van der Waals surface area contributed by atoms with E-state index >= 15 is 0 Å². The Kier molecular flexibility index (Phi) is 1.77. The van der Waals surface area contributed by atoms with Gasteiger partial charge in [0.25, 0.3) is 0 Å². The zero-order valence-electron chi connectivity index (χ0n) is 7.24. The van der Waals surface area contributed by atoms with E-state index in [-0.39, 0.29) is 0 Å². The van der Waals surface area contributed by atoms with Crippen LogP contribution in [0.3, 0.4) is 0 Å². The molecular weight excluding hydrogens is 204 g/mol. The highest BCUT2D eigenvalue weighted by atomic mass is 35.5. The fraction of sp³-hybridized carbons (Fsp3) is 0.667. The van der Waals surface area contributed by atoms with Crippen LogP contribution >= 0.6 is 22.9 Å². The molecule has 1 saturated carbocycles. The van der Waals surface area contributed by atoms with Gasteiger partial charge in [-0.05, 0) is 18.3 Å². The molecule has 4 heteroatoms. The molecule has 0 aromatic carbocycles. The average molecular weight is 215 g/mol. The molecule has 0 amide bonds. The molecule has 1 aromatic rings. The van der Waals surface area contributed by atoms with Crippen LogP contribution in [-0.2, 0) is 5.88 Å². The van der Waals surface area contributed by atoms with Crippen molar-refractivity contribution in [1.82, 2.24) is 4.98 Å². The number of alkyl halides is 1. The minimum atomic E-state index is 0.596. The summed E-state index contributed by atoms with van der Waals surface area (Å²) >= 11 is 7.47. The van der Waals surface area contributed by atoms with Gasteiger partial charge in [-0.15, -0.1) is 22.9 Å². The van der Waals surface area contributed by atoms with Crippen LogP contribution in [0.2, 0.25) is 0 Å². The van der Waals surface area contributed by atoms with Crippen molar-refractivity contribution >= 4 is 28.1 Å². The van der Waals surface area contributed by atoms with Crippen LogP contribution in [0.15, 0.2) is 6.20 Å². The maximum Gasteiger partial charge on any atom is 0.185 e. The average Bonchev–Trinajstić information content (AvgIpc) is 2.67. The molecule has 2 atom stereocenters. The first kappa shape index (κ1) is 8.06. The van der Waals surface area contributed by atoms with E-state index in [4.69, 9.17) is 11.6 Å². The van der Waals surface area contributed by atoms with Crippen molar-refractivity contribution in [1.29, 1.82) is 0 Å². The van der Waals surface area contributed by atoms with Crippen LogP contribution < -0.4 is 4.90 Å². The SMILES string of the molecule is ClCc1cnc(N2CC3CC3C2)s1. The maximum atomic E-state index is 5.74. The van der Waals surface area contributed by atoms with Crippen molar-refractivity contribution in [2.75, 3.05) is 18.0 Å². The van der Waals surface area contributed by atoms with Gasteiger partial charge in [-0.2, -0.15) is 0 Å². The Balaban J connectivity index is 1.77. The van der Waals surface area contributed by atoms with E-state index in [2.05, 4.69) is 9.88 Å². The third kappa shape index (κ3) is 1.34. The predicted molar refractivity (Wildman–Crippen MR) is 55.5 cm³/mol. The van der Waals surface area contributed by atoms with E-state index in [1.165, 1.54) is 29.5 Å². The zero-order chi connectivity index (χ0) is 8.84. The summed E-state index contributed by atoms with van der Waals surface area (Å²) in [6.07, 6.45) is 3.35. The summed E-state index contributed by atoms with van der Waals surface area (Å²) in [5, 5.41) is 1.17. The summed E-state index contributed by atoms with van der Waals surface area (Å²) in [5.41, 5.74) is 0. The molecule has 1 saturated heterocycles. The first-order valence-electron chi connectivity index (χ1n) is 4.62. The number of aromatic nitrogens is 1. The largest absolute Gasteiger partial charge is 0.348 e. The minimum Gasteiger partial charge on any atom is -0.348 e. The third-order valence-electron chi connectivity index (χ3n) is 2.92. The second kappa shape index (κ2) is 2.85. The number of fused-ring (bicyclic) bond motifs is 1. The Morgan fingerprint density at radius 3 is 2.92 bits per heavy atom. The predicted octanol–water partition coefficient (Wildman–Crippen LogP) is 2.34. The normalized spacial score (nSPS) is 30.7. The summed E-state index contributed by atoms with van der Waals surface area (Å²) in [6.45, 7) is 2.44. The number of hydrogen-bond acceptors (Lipinski definition) is 3. The molecule has 0 spiro atoms. The van der Waals surface area contributed by atoms with E-state index in [1.807, 2.05) is 6.20 Å². The number of rotatable bonds is 2. The molecule has 70 valence electrons. The molecule has 3 rings (SSSR count). The highest BCUT2D eigenvalue weighted by Gasteiger charge is 2.45. The molecule has 0 N–H and O–H groups in total. The lowest BCUT2D eigenvalue weighted by Gasteiger charge is -2.15. The molecule has 1 aliphatic heterocycles. The Labute approximate surface area is 86.5 Å². The van der Waals surface area contributed by atoms with Crippen molar-refractivity contribution in [3.05, 3.63) is 11.1 Å². The van der Waals surface area contributed by atoms with Gasteiger partial charge in [-0.25, -0.2) is 4.98 Å². The van der Waals surface area contributed by atoms with E-state index in [9.17, 15) is 0 Å². The maximum absolute atomic E-state index is 5.74. The van der Waals surface area contributed by atoms with Crippen LogP contribution in [0.4, 0.5) is 5.13 Å². The van der Waals surface area contributed by atoms with E-state index in [0.29, 0.717) is 5.88 Å². The van der Waals surface area contributed by atoms with Crippen LogP contribution in [0.5, 0.6) is 0 Å². The van der Waals surface area contributed by atoms with Crippen LogP contribution in [-0.4, -0.2) is 18.1 Å². The Morgan fingerprint density at radius 1 is 1.54 bits per heavy atom. The fourth-order valence-corrected chi connectivity index (χ4v) is 3.07. The fourth-order valence-electron chi connectivity index (χ4n) is 2.06. The quantitative estimate of drug-likeness (QED) is 0.703. The third-order valence-corrected chi connectivity index (χ3v) is 4.43. The van der Waals surface area contributed by atoms with Gasteiger partial charge in [0.05, 0.1) is 5.88 Å². The summed E-state index contributed by atoms with van der Waals surface area (Å²) in [7, 11) is 0. The molecule has 2 unspecified atom stereocenters. The standard InChI is InChI=1S/C9H11ClN2S/c10-2-8-3-11-9(13-8)12-4-6-1-7(6)5-12/h3,6-7H,1-2,4-5H2. The van der Waals surface area contributed by atoms with Gasteiger partial charge in [-0.1, -0.05) is 0 Å². The molecule has 2 aliphatic rings. The summed E-state index contributed by atoms with van der Waals surface area (Å²) in [5.74, 6) is 2.55. The molecule has 2 heterocycles. The number of nitrogens with zero attached hydrogens (tertiary/aromatic N) is 2. The molecule has 0 radical (unpaired) electrons. The Morgan fingerprint density at radius 2 is 2.31 bits per heavy atom. The van der Waals surface area contributed by atoms with Gasteiger partial charge in [0.15, 0.2) is 5.13 Å². The van der Waals surface area contributed by atoms with Crippen molar-refractivity contribution in [3.63, 3.8) is 0 Å². The second-order valence-corrected chi connectivity index (χ2v) is 5.26. The Hall–Kier alpha value is -0.280. The summed E-state index contributed by atoms with van der Waals surface area (Å²) in [4.78, 5) is 7.96. The number of thiazole rings is 1. The molecule has 0 bridgehead atoms. The molecule has 2 fully saturated rings. The van der Waals surface area contributed by atoms with Crippen molar-refractivity contribution in [2.24, 2.45) is 11.8 Å². The molecular formula is C9H11ClN2S. The van der Waals surface area contributed by atoms with Crippen LogP contribution in [0.1, 0.15) is 11.3 Å². The second-order valence-electron chi connectivity index (χ2n) is 3.90. The first-order chi connectivity index (χ1) is 6.36. The number of anilines is 1. The summed E-state index contributed by atoms with van der Waals surface area (Å²) < 4.78 is 0. The molecule has 13 heavy (non-hydrogen) atoms. The minimum absolute atomic E-state index is 0.596.